The van der Waals surface area contributed by atoms with Crippen molar-refractivity contribution in [2.45, 2.75) is 31.4 Å². The molecule has 0 amide bonds. The Labute approximate surface area is 114 Å². The highest BCUT2D eigenvalue weighted by Gasteiger charge is 2.41. The zero-order valence-corrected chi connectivity index (χ0v) is 11.6. The van der Waals surface area contributed by atoms with Crippen LogP contribution in [-0.4, -0.2) is 32.5 Å². The van der Waals surface area contributed by atoms with Crippen molar-refractivity contribution in [1.82, 2.24) is 5.32 Å². The monoisotopic (exact) mass is 267 g/mol. The van der Waals surface area contributed by atoms with E-state index in [0.29, 0.717) is 19.8 Å². The molecule has 0 saturated carbocycles. The van der Waals surface area contributed by atoms with Gasteiger partial charge in [-0.15, -0.1) is 0 Å². The van der Waals surface area contributed by atoms with Crippen LogP contribution in [0, 0.1) is 5.82 Å². The van der Waals surface area contributed by atoms with Gasteiger partial charge in [-0.1, -0.05) is 12.1 Å². The summed E-state index contributed by atoms with van der Waals surface area (Å²) in [4.78, 5) is 0. The first-order chi connectivity index (χ1) is 9.22. The molecule has 0 radical (unpaired) electrons. The zero-order valence-electron chi connectivity index (χ0n) is 11.6. The van der Waals surface area contributed by atoms with Gasteiger partial charge in [0.25, 0.3) is 0 Å². The molecule has 0 spiro atoms. The maximum atomic E-state index is 13.1. The van der Waals surface area contributed by atoms with Crippen LogP contribution in [0.15, 0.2) is 24.3 Å². The number of rotatable bonds is 5. The molecule has 3 nitrogen and oxygen atoms in total. The van der Waals surface area contributed by atoms with Crippen LogP contribution >= 0.6 is 0 Å². The molecule has 1 N–H and O–H groups in total. The van der Waals surface area contributed by atoms with Gasteiger partial charge in [-0.3, -0.25) is 0 Å². The molecule has 1 aliphatic heterocycles. The van der Waals surface area contributed by atoms with Crippen LogP contribution in [0.1, 0.15) is 31.4 Å². The topological polar surface area (TPSA) is 30.5 Å². The Morgan fingerprint density at radius 1 is 1.32 bits per heavy atom. The number of halogens is 1. The third kappa shape index (κ3) is 3.14. The van der Waals surface area contributed by atoms with Crippen LogP contribution in [0.25, 0.3) is 0 Å². The third-order valence-electron chi connectivity index (χ3n) is 3.79. The van der Waals surface area contributed by atoms with Crippen molar-refractivity contribution in [3.63, 3.8) is 0 Å². The van der Waals surface area contributed by atoms with Crippen molar-refractivity contribution in [3.8, 4) is 0 Å². The van der Waals surface area contributed by atoms with E-state index in [2.05, 4.69) is 5.32 Å². The molecule has 1 aromatic carbocycles. The van der Waals surface area contributed by atoms with Gasteiger partial charge in [0.15, 0.2) is 0 Å². The molecule has 1 unspecified atom stereocenters. The molecule has 19 heavy (non-hydrogen) atoms. The molecule has 0 bridgehead atoms. The summed E-state index contributed by atoms with van der Waals surface area (Å²) in [6, 6.07) is 6.70. The number of nitrogens with one attached hydrogen (secondary N) is 1. The van der Waals surface area contributed by atoms with E-state index in [0.717, 1.165) is 18.4 Å². The van der Waals surface area contributed by atoms with E-state index in [1.807, 2.05) is 26.1 Å². The number of hydrogen-bond donors (Lipinski definition) is 1. The summed E-state index contributed by atoms with van der Waals surface area (Å²) in [6.45, 7) is 4.09. The molecule has 4 heteroatoms. The molecule has 1 saturated heterocycles. The molecule has 1 fully saturated rings. The Morgan fingerprint density at radius 2 is 1.95 bits per heavy atom. The largest absolute Gasteiger partial charge is 0.381 e. The van der Waals surface area contributed by atoms with Crippen LogP contribution in [0.2, 0.25) is 0 Å². The first-order valence-electron chi connectivity index (χ1n) is 6.86. The fourth-order valence-electron chi connectivity index (χ4n) is 2.91. The van der Waals surface area contributed by atoms with Gasteiger partial charge in [0.2, 0.25) is 0 Å². The maximum Gasteiger partial charge on any atom is 0.123 e. The predicted molar refractivity (Wildman–Crippen MR) is 72.6 cm³/mol. The molecule has 1 heterocycles. The summed E-state index contributed by atoms with van der Waals surface area (Å²) < 4.78 is 24.6. The SMILES string of the molecule is CCOC1(C(NC)c2ccc(F)cc2)CCOCC1. The average molecular weight is 267 g/mol. The molecule has 1 aliphatic rings. The summed E-state index contributed by atoms with van der Waals surface area (Å²) in [7, 11) is 1.92. The second kappa shape index (κ2) is 6.46. The fraction of sp³-hybridized carbons (Fsp3) is 0.600. The lowest BCUT2D eigenvalue weighted by Gasteiger charge is -2.43. The standard InChI is InChI=1S/C15H22FNO2/c1-3-19-15(8-10-18-11-9-15)14(17-2)12-4-6-13(16)7-5-12/h4-7,14,17H,3,8-11H2,1-2H3. The first kappa shape index (κ1) is 14.4. The van der Waals surface area contributed by atoms with E-state index in [4.69, 9.17) is 9.47 Å². The van der Waals surface area contributed by atoms with Crippen LogP contribution in [0.4, 0.5) is 4.39 Å². The molecule has 2 rings (SSSR count). The Kier molecular flexibility index (Phi) is 4.91. The molecular formula is C15H22FNO2. The smallest absolute Gasteiger partial charge is 0.123 e. The summed E-state index contributed by atoms with van der Waals surface area (Å²) >= 11 is 0. The summed E-state index contributed by atoms with van der Waals surface area (Å²) in [5, 5.41) is 3.33. The third-order valence-corrected chi connectivity index (χ3v) is 3.79. The Morgan fingerprint density at radius 3 is 2.47 bits per heavy atom. The number of likely N-dealkylation sites (N-methyl/N-ethyl adjacent to an activating group) is 1. The van der Waals surface area contributed by atoms with Crippen molar-refractivity contribution >= 4 is 0 Å². The lowest BCUT2D eigenvalue weighted by atomic mass is 9.82. The molecular weight excluding hydrogens is 245 g/mol. The van der Waals surface area contributed by atoms with Gasteiger partial charge in [0.1, 0.15) is 5.82 Å². The second-order valence-corrected chi connectivity index (χ2v) is 4.88. The van der Waals surface area contributed by atoms with Crippen molar-refractivity contribution < 1.29 is 13.9 Å². The van der Waals surface area contributed by atoms with Gasteiger partial charge < -0.3 is 14.8 Å². The van der Waals surface area contributed by atoms with E-state index in [1.54, 1.807) is 0 Å². The van der Waals surface area contributed by atoms with Gasteiger partial charge >= 0.3 is 0 Å². The molecule has 0 aromatic heterocycles. The van der Waals surface area contributed by atoms with Crippen molar-refractivity contribution in [2.24, 2.45) is 0 Å². The predicted octanol–water partition coefficient (Wildman–Crippen LogP) is 2.67. The van der Waals surface area contributed by atoms with Crippen molar-refractivity contribution in [2.75, 3.05) is 26.9 Å². The number of ether oxygens (including phenoxy) is 2. The molecule has 1 aromatic rings. The van der Waals surface area contributed by atoms with Gasteiger partial charge in [0.05, 0.1) is 11.6 Å². The van der Waals surface area contributed by atoms with Crippen molar-refractivity contribution in [3.05, 3.63) is 35.6 Å². The quantitative estimate of drug-likeness (QED) is 0.889. The second-order valence-electron chi connectivity index (χ2n) is 4.88. The minimum absolute atomic E-state index is 0.0527. The maximum absolute atomic E-state index is 13.1. The highest BCUT2D eigenvalue weighted by atomic mass is 19.1. The summed E-state index contributed by atoms with van der Waals surface area (Å²) in [6.07, 6.45) is 1.70. The van der Waals surface area contributed by atoms with Crippen molar-refractivity contribution in [1.29, 1.82) is 0 Å². The average Bonchev–Trinajstić information content (AvgIpc) is 2.43. The van der Waals surface area contributed by atoms with Gasteiger partial charge in [0, 0.05) is 32.7 Å². The van der Waals surface area contributed by atoms with Gasteiger partial charge in [-0.25, -0.2) is 4.39 Å². The highest BCUT2D eigenvalue weighted by Crippen LogP contribution is 2.37. The minimum atomic E-state index is -0.264. The lowest BCUT2D eigenvalue weighted by Crippen LogP contribution is -2.49. The van der Waals surface area contributed by atoms with E-state index in [-0.39, 0.29) is 17.5 Å². The molecule has 0 aliphatic carbocycles. The van der Waals surface area contributed by atoms with E-state index in [9.17, 15) is 4.39 Å². The van der Waals surface area contributed by atoms with E-state index < -0.39 is 0 Å². The molecule has 106 valence electrons. The molecule has 1 atom stereocenters. The van der Waals surface area contributed by atoms with Gasteiger partial charge in [-0.2, -0.15) is 0 Å². The van der Waals surface area contributed by atoms with Crippen LogP contribution in [-0.2, 0) is 9.47 Å². The Balaban J connectivity index is 2.28. The van der Waals surface area contributed by atoms with Crippen LogP contribution in [0.3, 0.4) is 0 Å². The fourth-order valence-corrected chi connectivity index (χ4v) is 2.91. The number of benzene rings is 1. The Bertz CT molecular complexity index is 382. The van der Waals surface area contributed by atoms with E-state index in [1.165, 1.54) is 12.1 Å². The van der Waals surface area contributed by atoms with Crippen LogP contribution in [0.5, 0.6) is 0 Å². The normalized spacial score (nSPS) is 20.2. The first-order valence-corrected chi connectivity index (χ1v) is 6.86. The summed E-state index contributed by atoms with van der Waals surface area (Å²) in [5.41, 5.74) is 0.791. The van der Waals surface area contributed by atoms with E-state index >= 15 is 0 Å². The number of hydrogen-bond acceptors (Lipinski definition) is 3. The van der Waals surface area contributed by atoms with Crippen LogP contribution < -0.4 is 5.32 Å². The highest BCUT2D eigenvalue weighted by molar-refractivity contribution is 5.23. The van der Waals surface area contributed by atoms with Gasteiger partial charge in [-0.05, 0) is 31.7 Å². The zero-order chi connectivity index (χ0) is 13.7. The lowest BCUT2D eigenvalue weighted by molar-refractivity contribution is -0.127. The minimum Gasteiger partial charge on any atom is -0.381 e. The summed E-state index contributed by atoms with van der Waals surface area (Å²) in [5.74, 6) is -0.212. The Hall–Kier alpha value is -0.970.